The van der Waals surface area contributed by atoms with Gasteiger partial charge in [-0.3, -0.25) is 4.57 Å². The van der Waals surface area contributed by atoms with Gasteiger partial charge < -0.3 is 9.05 Å². The lowest BCUT2D eigenvalue weighted by atomic mass is 10.1. The molecule has 0 saturated carbocycles. The van der Waals surface area contributed by atoms with Gasteiger partial charge in [-0.25, -0.2) is 13.8 Å². The van der Waals surface area contributed by atoms with Crippen molar-refractivity contribution in [2.24, 2.45) is 0 Å². The predicted octanol–water partition coefficient (Wildman–Crippen LogP) is 6.01. The number of nitrogens with zero attached hydrogens (tertiary/aromatic N) is 1. The number of fused-ring (bicyclic) bond motifs is 1. The Morgan fingerprint density at radius 3 is 2.46 bits per heavy atom. The highest BCUT2D eigenvalue weighted by atomic mass is 32.1. The molecule has 138 valence electrons. The Bertz CT molecular complexity index is 966. The van der Waals surface area contributed by atoms with Gasteiger partial charge in [-0.1, -0.05) is 6.07 Å². The molecule has 0 amide bonds. The summed E-state index contributed by atoms with van der Waals surface area (Å²) in [5.74, 6) is -0.866. The fourth-order valence-electron chi connectivity index (χ4n) is 2.59. The lowest BCUT2D eigenvalue weighted by molar-refractivity contribution is 0.219. The van der Waals surface area contributed by atoms with Crippen molar-refractivity contribution < 1.29 is 22.4 Å². The molecule has 0 spiro atoms. The van der Waals surface area contributed by atoms with Crippen LogP contribution in [0.3, 0.4) is 0 Å². The van der Waals surface area contributed by atoms with E-state index in [1.165, 1.54) is 29.5 Å². The Kier molecular flexibility index (Phi) is 5.82. The lowest BCUT2D eigenvalue weighted by Crippen LogP contribution is -1.99. The molecule has 26 heavy (non-hydrogen) atoms. The number of halogens is 2. The second-order valence-corrected chi connectivity index (χ2v) is 8.63. The standard InChI is InChI=1S/C18H18F2NO3PS/c1-3-23-25(22,24-4-2)11-12-5-7-14(15(20)9-12)18-21-16-10-13(19)6-8-17(16)26-18/h5-10H,3-4,11H2,1-2H3. The van der Waals surface area contributed by atoms with E-state index in [0.717, 1.165) is 4.70 Å². The van der Waals surface area contributed by atoms with Crippen LogP contribution in [-0.4, -0.2) is 18.2 Å². The molecule has 1 aromatic heterocycles. The molecule has 3 aromatic rings. The molecule has 0 fully saturated rings. The summed E-state index contributed by atoms with van der Waals surface area (Å²) in [5.41, 5.74) is 1.33. The van der Waals surface area contributed by atoms with E-state index >= 15 is 0 Å². The summed E-state index contributed by atoms with van der Waals surface area (Å²) >= 11 is 1.29. The number of rotatable bonds is 7. The van der Waals surface area contributed by atoms with E-state index in [2.05, 4.69) is 4.98 Å². The maximum Gasteiger partial charge on any atom is 0.335 e. The monoisotopic (exact) mass is 397 g/mol. The number of hydrogen-bond acceptors (Lipinski definition) is 5. The molecule has 4 nitrogen and oxygen atoms in total. The zero-order valence-electron chi connectivity index (χ0n) is 14.4. The van der Waals surface area contributed by atoms with Crippen LogP contribution in [0.1, 0.15) is 19.4 Å². The number of thiazole rings is 1. The summed E-state index contributed by atoms with van der Waals surface area (Å²) in [6, 6.07) is 8.87. The Labute approximate surface area is 154 Å². The molecule has 0 unspecified atom stereocenters. The minimum atomic E-state index is -3.30. The second-order valence-electron chi connectivity index (χ2n) is 5.55. The van der Waals surface area contributed by atoms with Crippen LogP contribution in [0.5, 0.6) is 0 Å². The van der Waals surface area contributed by atoms with Crippen LogP contribution in [0.2, 0.25) is 0 Å². The minimum absolute atomic E-state index is 0.00304. The Hall–Kier alpha value is -1.66. The van der Waals surface area contributed by atoms with E-state index in [1.54, 1.807) is 32.0 Å². The normalized spacial score (nSPS) is 12.0. The average molecular weight is 397 g/mol. The highest BCUT2D eigenvalue weighted by molar-refractivity contribution is 7.53. The molecule has 1 heterocycles. The van der Waals surface area contributed by atoms with E-state index in [-0.39, 0.29) is 25.2 Å². The van der Waals surface area contributed by atoms with Gasteiger partial charge in [0, 0.05) is 11.6 Å². The fourth-order valence-corrected chi connectivity index (χ4v) is 5.25. The molecule has 0 bridgehead atoms. The SMILES string of the molecule is CCOP(=O)(Cc1ccc(-c2nc3cc(F)ccc3s2)c(F)c1)OCC. The van der Waals surface area contributed by atoms with Crippen molar-refractivity contribution in [1.82, 2.24) is 4.98 Å². The molecule has 0 aliphatic heterocycles. The van der Waals surface area contributed by atoms with Gasteiger partial charge >= 0.3 is 7.60 Å². The van der Waals surface area contributed by atoms with Crippen LogP contribution < -0.4 is 0 Å². The molecule has 0 atom stereocenters. The van der Waals surface area contributed by atoms with Crippen LogP contribution >= 0.6 is 18.9 Å². The highest BCUT2D eigenvalue weighted by Crippen LogP contribution is 2.51. The van der Waals surface area contributed by atoms with Crippen LogP contribution in [0, 0.1) is 11.6 Å². The Morgan fingerprint density at radius 1 is 1.08 bits per heavy atom. The van der Waals surface area contributed by atoms with Gasteiger partial charge in [-0.05, 0) is 43.7 Å². The summed E-state index contributed by atoms with van der Waals surface area (Å²) in [4.78, 5) is 4.30. The third-order valence-corrected chi connectivity index (χ3v) is 6.77. The molecule has 0 aliphatic carbocycles. The first-order valence-corrected chi connectivity index (χ1v) is 10.7. The summed E-state index contributed by atoms with van der Waals surface area (Å²) in [6.45, 7) is 3.96. The summed E-state index contributed by atoms with van der Waals surface area (Å²) < 4.78 is 51.8. The van der Waals surface area contributed by atoms with E-state index in [9.17, 15) is 13.3 Å². The second kappa shape index (κ2) is 7.92. The first-order chi connectivity index (χ1) is 12.4. The summed E-state index contributed by atoms with van der Waals surface area (Å²) in [6.07, 6.45) is -0.00304. The van der Waals surface area contributed by atoms with Crippen LogP contribution in [0.25, 0.3) is 20.8 Å². The zero-order chi connectivity index (χ0) is 18.7. The number of hydrogen-bond donors (Lipinski definition) is 0. The van der Waals surface area contributed by atoms with E-state index in [0.29, 0.717) is 21.7 Å². The quantitative estimate of drug-likeness (QED) is 0.458. The molecule has 0 radical (unpaired) electrons. The van der Waals surface area contributed by atoms with E-state index in [4.69, 9.17) is 9.05 Å². The van der Waals surface area contributed by atoms with Gasteiger partial charge in [0.25, 0.3) is 0 Å². The van der Waals surface area contributed by atoms with E-state index < -0.39 is 13.4 Å². The largest absolute Gasteiger partial charge is 0.335 e. The van der Waals surface area contributed by atoms with Crippen molar-refractivity contribution in [3.8, 4) is 10.6 Å². The van der Waals surface area contributed by atoms with Crippen LogP contribution in [-0.2, 0) is 19.8 Å². The smallest absolute Gasteiger partial charge is 0.309 e. The van der Waals surface area contributed by atoms with Crippen LogP contribution in [0.4, 0.5) is 8.78 Å². The molecule has 3 rings (SSSR count). The van der Waals surface area contributed by atoms with E-state index in [1.807, 2.05) is 0 Å². The maximum atomic E-state index is 14.6. The molecule has 0 aliphatic rings. The van der Waals surface area contributed by atoms with Crippen molar-refractivity contribution in [3.05, 3.63) is 53.6 Å². The molecule has 0 N–H and O–H groups in total. The van der Waals surface area contributed by atoms with Crippen molar-refractivity contribution in [2.75, 3.05) is 13.2 Å². The Morgan fingerprint density at radius 2 is 1.81 bits per heavy atom. The first kappa shape index (κ1) is 19.1. The molecular formula is C18H18F2NO3PS. The maximum absolute atomic E-state index is 14.6. The summed E-state index contributed by atoms with van der Waals surface area (Å²) in [5, 5.41) is 0.465. The number of benzene rings is 2. The topological polar surface area (TPSA) is 48.4 Å². The van der Waals surface area contributed by atoms with Gasteiger partial charge in [0.2, 0.25) is 0 Å². The predicted molar refractivity (Wildman–Crippen MR) is 99.5 cm³/mol. The van der Waals surface area contributed by atoms with Crippen molar-refractivity contribution in [3.63, 3.8) is 0 Å². The molecule has 8 heteroatoms. The van der Waals surface area contributed by atoms with Crippen molar-refractivity contribution in [1.29, 1.82) is 0 Å². The van der Waals surface area contributed by atoms with Gasteiger partial charge in [-0.15, -0.1) is 11.3 Å². The molecular weight excluding hydrogens is 379 g/mol. The van der Waals surface area contributed by atoms with Crippen molar-refractivity contribution in [2.45, 2.75) is 20.0 Å². The minimum Gasteiger partial charge on any atom is -0.309 e. The molecule has 2 aromatic carbocycles. The highest BCUT2D eigenvalue weighted by Gasteiger charge is 2.24. The van der Waals surface area contributed by atoms with Gasteiger partial charge in [0.15, 0.2) is 0 Å². The fraction of sp³-hybridized carbons (Fsp3) is 0.278. The van der Waals surface area contributed by atoms with Crippen molar-refractivity contribution >= 4 is 29.1 Å². The number of aromatic nitrogens is 1. The Balaban J connectivity index is 1.90. The first-order valence-electron chi connectivity index (χ1n) is 8.17. The summed E-state index contributed by atoms with van der Waals surface area (Å²) in [7, 11) is -3.30. The van der Waals surface area contributed by atoms with Gasteiger partial charge in [0.05, 0.1) is 29.6 Å². The zero-order valence-corrected chi connectivity index (χ0v) is 16.1. The average Bonchev–Trinajstić information content (AvgIpc) is 2.97. The third-order valence-electron chi connectivity index (χ3n) is 3.64. The van der Waals surface area contributed by atoms with Crippen LogP contribution in [0.15, 0.2) is 36.4 Å². The van der Waals surface area contributed by atoms with Gasteiger partial charge in [0.1, 0.15) is 16.6 Å². The third kappa shape index (κ3) is 4.18. The molecule has 0 saturated heterocycles. The van der Waals surface area contributed by atoms with Gasteiger partial charge in [-0.2, -0.15) is 0 Å². The lowest BCUT2D eigenvalue weighted by Gasteiger charge is -2.17.